The number of carbonyl (C=O) groups excluding carboxylic acids is 2. The summed E-state index contributed by atoms with van der Waals surface area (Å²) in [6.07, 6.45) is 0. The molecule has 0 bridgehead atoms. The van der Waals surface area contributed by atoms with Gasteiger partial charge in [-0.1, -0.05) is 35.4 Å². The predicted molar refractivity (Wildman–Crippen MR) is 110 cm³/mol. The van der Waals surface area contributed by atoms with Crippen LogP contribution in [0.2, 0.25) is 5.02 Å². The maximum absolute atomic E-state index is 13.5. The lowest BCUT2D eigenvalue weighted by Crippen LogP contribution is -2.32. The fourth-order valence-electron chi connectivity index (χ4n) is 2.93. The Hall–Kier alpha value is -2.96. The number of hydrogen-bond acceptors (Lipinski definition) is 4. The molecule has 0 spiro atoms. The van der Waals surface area contributed by atoms with E-state index in [2.05, 4.69) is 5.32 Å². The summed E-state index contributed by atoms with van der Waals surface area (Å²) < 4.78 is 13.5. The van der Waals surface area contributed by atoms with Crippen molar-refractivity contribution in [1.82, 2.24) is 0 Å². The van der Waals surface area contributed by atoms with Gasteiger partial charge in [0.15, 0.2) is 0 Å². The van der Waals surface area contributed by atoms with Crippen molar-refractivity contribution in [2.75, 3.05) is 10.2 Å². The lowest BCUT2D eigenvalue weighted by molar-refractivity contribution is -0.120. The van der Waals surface area contributed by atoms with Gasteiger partial charge in [-0.25, -0.2) is 9.29 Å². The van der Waals surface area contributed by atoms with Crippen molar-refractivity contribution in [1.29, 1.82) is 0 Å². The zero-order valence-electron chi connectivity index (χ0n) is 14.7. The third-order valence-electron chi connectivity index (χ3n) is 4.33. The smallest absolute Gasteiger partial charge is 0.282 e. The van der Waals surface area contributed by atoms with Crippen LogP contribution in [0, 0.1) is 12.7 Å². The summed E-state index contributed by atoms with van der Waals surface area (Å²) in [5.41, 5.74) is 2.44. The Morgan fingerprint density at radius 1 is 1.04 bits per heavy atom. The number of halogens is 2. The number of nitrogens with zero attached hydrogens (tertiary/aromatic N) is 1. The highest BCUT2D eigenvalue weighted by molar-refractivity contribution is 7.11. The molecule has 3 aromatic rings. The van der Waals surface area contributed by atoms with Gasteiger partial charge in [-0.15, -0.1) is 11.3 Å². The third kappa shape index (κ3) is 3.21. The fourth-order valence-corrected chi connectivity index (χ4v) is 3.88. The lowest BCUT2D eigenvalue weighted by atomic mass is 10.1. The highest BCUT2D eigenvalue weighted by Crippen LogP contribution is 2.36. The van der Waals surface area contributed by atoms with E-state index in [1.54, 1.807) is 6.07 Å². The number of anilines is 2. The summed E-state index contributed by atoms with van der Waals surface area (Å²) in [7, 11) is 0. The number of amides is 2. The van der Waals surface area contributed by atoms with Gasteiger partial charge in [0.05, 0.1) is 16.3 Å². The molecule has 0 saturated carbocycles. The molecule has 28 heavy (non-hydrogen) atoms. The number of rotatable bonds is 4. The highest BCUT2D eigenvalue weighted by atomic mass is 35.5. The Bertz CT molecular complexity index is 1110. The summed E-state index contributed by atoms with van der Waals surface area (Å²) in [5, 5.41) is 4.76. The van der Waals surface area contributed by atoms with Gasteiger partial charge in [0.2, 0.25) is 0 Å². The number of imide groups is 1. The van der Waals surface area contributed by atoms with Crippen LogP contribution in [0.15, 0.2) is 65.7 Å². The van der Waals surface area contributed by atoms with Crippen molar-refractivity contribution in [3.05, 3.63) is 87.0 Å². The number of hydrogen-bond donors (Lipinski definition) is 1. The molecule has 0 radical (unpaired) electrons. The molecule has 7 heteroatoms. The molecule has 1 aromatic heterocycles. The minimum absolute atomic E-state index is 0.157. The summed E-state index contributed by atoms with van der Waals surface area (Å²) in [5.74, 6) is -1.62. The molecule has 1 aliphatic heterocycles. The topological polar surface area (TPSA) is 49.4 Å². The van der Waals surface area contributed by atoms with Crippen LogP contribution in [-0.2, 0) is 9.59 Å². The minimum Gasteiger partial charge on any atom is -0.350 e. The first-order valence-electron chi connectivity index (χ1n) is 8.41. The maximum Gasteiger partial charge on any atom is 0.282 e. The van der Waals surface area contributed by atoms with Crippen molar-refractivity contribution in [2.45, 2.75) is 6.92 Å². The predicted octanol–water partition coefficient (Wildman–Crippen LogP) is 5.25. The molecular formula is C21H14ClFN2O2S. The monoisotopic (exact) mass is 412 g/mol. The van der Waals surface area contributed by atoms with E-state index >= 15 is 0 Å². The highest BCUT2D eigenvalue weighted by Gasteiger charge is 2.40. The van der Waals surface area contributed by atoms with Gasteiger partial charge in [-0.2, -0.15) is 0 Å². The Labute approximate surface area is 169 Å². The van der Waals surface area contributed by atoms with Crippen molar-refractivity contribution < 1.29 is 14.0 Å². The van der Waals surface area contributed by atoms with E-state index in [0.29, 0.717) is 10.6 Å². The van der Waals surface area contributed by atoms with Crippen LogP contribution >= 0.6 is 22.9 Å². The van der Waals surface area contributed by atoms with Crippen molar-refractivity contribution in [3.8, 4) is 0 Å². The molecule has 1 N–H and O–H groups in total. The van der Waals surface area contributed by atoms with Crippen LogP contribution in [0.5, 0.6) is 0 Å². The average molecular weight is 413 g/mol. The van der Waals surface area contributed by atoms with Crippen LogP contribution in [0.4, 0.5) is 15.8 Å². The molecule has 0 fully saturated rings. The first-order valence-corrected chi connectivity index (χ1v) is 9.67. The number of carbonyl (C=O) groups is 2. The Morgan fingerprint density at radius 2 is 1.79 bits per heavy atom. The van der Waals surface area contributed by atoms with Crippen LogP contribution in [0.3, 0.4) is 0 Å². The van der Waals surface area contributed by atoms with Crippen molar-refractivity contribution in [3.63, 3.8) is 0 Å². The summed E-state index contributed by atoms with van der Waals surface area (Å²) in [6.45, 7) is 1.96. The number of aryl methyl sites for hydroxylation is 1. The summed E-state index contributed by atoms with van der Waals surface area (Å²) >= 11 is 7.22. The molecule has 2 amide bonds. The van der Waals surface area contributed by atoms with Gasteiger partial charge in [-0.3, -0.25) is 9.59 Å². The van der Waals surface area contributed by atoms with Crippen LogP contribution < -0.4 is 10.2 Å². The lowest BCUT2D eigenvalue weighted by Gasteiger charge is -2.16. The Morgan fingerprint density at radius 3 is 2.43 bits per heavy atom. The second-order valence-corrected chi connectivity index (χ2v) is 7.62. The minimum atomic E-state index is -0.617. The first kappa shape index (κ1) is 18.4. The van der Waals surface area contributed by atoms with E-state index in [-0.39, 0.29) is 22.0 Å². The van der Waals surface area contributed by atoms with Gasteiger partial charge in [-0.05, 0) is 48.7 Å². The maximum atomic E-state index is 13.5. The van der Waals surface area contributed by atoms with E-state index in [1.165, 1.54) is 23.5 Å². The standard InChI is InChI=1S/C21H14ClFN2O2S/c1-12-4-6-13(7-5-12)24-19-18(17-3-2-10-28-17)20(26)25(21(19)27)14-8-9-16(23)15(22)11-14/h2-11,24H,1H3. The van der Waals surface area contributed by atoms with E-state index in [9.17, 15) is 14.0 Å². The van der Waals surface area contributed by atoms with Gasteiger partial charge in [0, 0.05) is 10.6 Å². The zero-order chi connectivity index (χ0) is 19.8. The third-order valence-corrected chi connectivity index (χ3v) is 5.51. The average Bonchev–Trinajstić information content (AvgIpc) is 3.27. The molecular weight excluding hydrogens is 399 g/mol. The van der Waals surface area contributed by atoms with Crippen LogP contribution in [0.1, 0.15) is 10.4 Å². The molecule has 4 rings (SSSR count). The van der Waals surface area contributed by atoms with Crippen molar-refractivity contribution >= 4 is 51.7 Å². The Balaban J connectivity index is 1.79. The Kier molecular flexibility index (Phi) is 4.75. The largest absolute Gasteiger partial charge is 0.350 e. The van der Waals surface area contributed by atoms with Gasteiger partial charge in [0.25, 0.3) is 11.8 Å². The van der Waals surface area contributed by atoms with Crippen molar-refractivity contribution in [2.24, 2.45) is 0 Å². The van der Waals surface area contributed by atoms with E-state index in [1.807, 2.05) is 42.6 Å². The summed E-state index contributed by atoms with van der Waals surface area (Å²) in [6, 6.07) is 14.8. The van der Waals surface area contributed by atoms with E-state index in [4.69, 9.17) is 11.6 Å². The van der Waals surface area contributed by atoms with Crippen LogP contribution in [-0.4, -0.2) is 11.8 Å². The molecule has 140 valence electrons. The number of benzene rings is 2. The molecule has 2 aromatic carbocycles. The molecule has 0 atom stereocenters. The van der Waals surface area contributed by atoms with E-state index < -0.39 is 17.6 Å². The molecule has 4 nitrogen and oxygen atoms in total. The number of nitrogens with one attached hydrogen (secondary N) is 1. The van der Waals surface area contributed by atoms with E-state index in [0.717, 1.165) is 16.5 Å². The molecule has 2 heterocycles. The van der Waals surface area contributed by atoms with Gasteiger partial charge >= 0.3 is 0 Å². The molecule has 0 unspecified atom stereocenters. The normalized spacial score (nSPS) is 14.2. The number of thiophene rings is 1. The quantitative estimate of drug-likeness (QED) is 0.596. The molecule has 0 aliphatic carbocycles. The SMILES string of the molecule is Cc1ccc(NC2=C(c3cccs3)C(=O)N(c3ccc(F)c(Cl)c3)C2=O)cc1. The van der Waals surface area contributed by atoms with Gasteiger partial charge < -0.3 is 5.32 Å². The van der Waals surface area contributed by atoms with Gasteiger partial charge in [0.1, 0.15) is 11.5 Å². The van der Waals surface area contributed by atoms with Crippen LogP contribution in [0.25, 0.3) is 5.57 Å². The first-order chi connectivity index (χ1) is 13.5. The summed E-state index contributed by atoms with van der Waals surface area (Å²) in [4.78, 5) is 28.0. The fraction of sp³-hybridized carbons (Fsp3) is 0.0476. The zero-order valence-corrected chi connectivity index (χ0v) is 16.3. The molecule has 1 aliphatic rings. The second kappa shape index (κ2) is 7.22. The second-order valence-electron chi connectivity index (χ2n) is 6.26. The molecule has 0 saturated heterocycles.